The van der Waals surface area contributed by atoms with Gasteiger partial charge < -0.3 is 4.74 Å². The van der Waals surface area contributed by atoms with Gasteiger partial charge in [0.2, 0.25) is 0 Å². The molecule has 0 saturated heterocycles. The Morgan fingerprint density at radius 2 is 2.00 bits per heavy atom. The van der Waals surface area contributed by atoms with Gasteiger partial charge in [0.05, 0.1) is 6.61 Å². The third-order valence-electron chi connectivity index (χ3n) is 2.86. The lowest BCUT2D eigenvalue weighted by atomic mass is 9.77. The molecular formula is C10H21ClO. The zero-order chi connectivity index (χ0) is 9.61. The SMILES string of the molecule is CCOCC(C)(CC)C(C)CCl. The molecule has 0 aliphatic rings. The molecule has 0 radical (unpaired) electrons. The Balaban J connectivity index is 4.03. The summed E-state index contributed by atoms with van der Waals surface area (Å²) in [5.41, 5.74) is 0.248. The highest BCUT2D eigenvalue weighted by Gasteiger charge is 2.28. The van der Waals surface area contributed by atoms with Crippen molar-refractivity contribution in [2.75, 3.05) is 19.1 Å². The Hall–Kier alpha value is 0.250. The minimum atomic E-state index is 0.248. The maximum atomic E-state index is 5.84. The molecule has 0 aromatic carbocycles. The lowest BCUT2D eigenvalue weighted by molar-refractivity contribution is 0.0309. The summed E-state index contributed by atoms with van der Waals surface area (Å²) in [6, 6.07) is 0. The lowest BCUT2D eigenvalue weighted by Gasteiger charge is -2.33. The Morgan fingerprint density at radius 1 is 1.42 bits per heavy atom. The van der Waals surface area contributed by atoms with Gasteiger partial charge in [-0.15, -0.1) is 11.6 Å². The molecule has 0 saturated carbocycles. The van der Waals surface area contributed by atoms with Gasteiger partial charge in [0.1, 0.15) is 0 Å². The molecule has 0 aromatic heterocycles. The predicted octanol–water partition coefficient (Wildman–Crippen LogP) is 3.31. The van der Waals surface area contributed by atoms with Crippen molar-refractivity contribution in [2.45, 2.75) is 34.1 Å². The first-order valence-corrected chi connectivity index (χ1v) is 5.27. The van der Waals surface area contributed by atoms with Crippen LogP contribution >= 0.6 is 11.6 Å². The average molecular weight is 193 g/mol. The van der Waals surface area contributed by atoms with E-state index in [1.165, 1.54) is 0 Å². The summed E-state index contributed by atoms with van der Waals surface area (Å²) in [5.74, 6) is 1.24. The van der Waals surface area contributed by atoms with Crippen molar-refractivity contribution in [1.29, 1.82) is 0 Å². The monoisotopic (exact) mass is 192 g/mol. The highest BCUT2D eigenvalue weighted by atomic mass is 35.5. The van der Waals surface area contributed by atoms with E-state index in [-0.39, 0.29) is 5.41 Å². The molecule has 0 amide bonds. The summed E-state index contributed by atoms with van der Waals surface area (Å²) in [7, 11) is 0. The van der Waals surface area contributed by atoms with Crippen molar-refractivity contribution in [3.63, 3.8) is 0 Å². The standard InChI is InChI=1S/C10H21ClO/c1-5-10(4,8-12-6-2)9(3)7-11/h9H,5-8H2,1-4H3. The predicted molar refractivity (Wildman–Crippen MR) is 54.8 cm³/mol. The van der Waals surface area contributed by atoms with Gasteiger partial charge in [-0.1, -0.05) is 20.8 Å². The number of alkyl halides is 1. The van der Waals surface area contributed by atoms with Crippen LogP contribution in [0.1, 0.15) is 34.1 Å². The maximum Gasteiger partial charge on any atom is 0.0522 e. The molecule has 12 heavy (non-hydrogen) atoms. The van der Waals surface area contributed by atoms with Crippen molar-refractivity contribution in [3.8, 4) is 0 Å². The van der Waals surface area contributed by atoms with E-state index in [1.54, 1.807) is 0 Å². The van der Waals surface area contributed by atoms with Gasteiger partial charge in [-0.25, -0.2) is 0 Å². The van der Waals surface area contributed by atoms with Gasteiger partial charge in [0.25, 0.3) is 0 Å². The normalized spacial score (nSPS) is 18.8. The molecule has 2 unspecified atom stereocenters. The Labute approximate surface area is 81.4 Å². The number of hydrogen-bond donors (Lipinski definition) is 0. The number of halogens is 1. The Morgan fingerprint density at radius 3 is 2.33 bits per heavy atom. The third-order valence-corrected chi connectivity index (χ3v) is 3.33. The molecule has 1 nitrogen and oxygen atoms in total. The molecule has 74 valence electrons. The van der Waals surface area contributed by atoms with Crippen LogP contribution in [0.25, 0.3) is 0 Å². The van der Waals surface area contributed by atoms with E-state index >= 15 is 0 Å². The minimum Gasteiger partial charge on any atom is -0.381 e. The van der Waals surface area contributed by atoms with Crippen LogP contribution in [0.15, 0.2) is 0 Å². The zero-order valence-electron chi connectivity index (χ0n) is 8.69. The van der Waals surface area contributed by atoms with Gasteiger partial charge in [0.15, 0.2) is 0 Å². The fraction of sp³-hybridized carbons (Fsp3) is 1.00. The van der Waals surface area contributed by atoms with Crippen LogP contribution in [-0.2, 0) is 4.74 Å². The van der Waals surface area contributed by atoms with E-state index in [9.17, 15) is 0 Å². The average Bonchev–Trinajstić information content (AvgIpc) is 2.12. The van der Waals surface area contributed by atoms with Crippen molar-refractivity contribution in [3.05, 3.63) is 0 Å². The maximum absolute atomic E-state index is 5.84. The molecule has 0 spiro atoms. The molecule has 0 fully saturated rings. The topological polar surface area (TPSA) is 9.23 Å². The van der Waals surface area contributed by atoms with Crippen molar-refractivity contribution in [1.82, 2.24) is 0 Å². The van der Waals surface area contributed by atoms with E-state index in [4.69, 9.17) is 16.3 Å². The third kappa shape index (κ3) is 3.32. The van der Waals surface area contributed by atoms with Crippen molar-refractivity contribution < 1.29 is 4.74 Å². The van der Waals surface area contributed by atoms with Gasteiger partial charge in [-0.05, 0) is 24.7 Å². The summed E-state index contributed by atoms with van der Waals surface area (Å²) < 4.78 is 5.45. The Bertz CT molecular complexity index is 116. The second-order valence-corrected chi connectivity index (χ2v) is 4.01. The molecular weight excluding hydrogens is 172 g/mol. The van der Waals surface area contributed by atoms with Gasteiger partial charge in [0, 0.05) is 12.5 Å². The molecule has 0 heterocycles. The summed E-state index contributed by atoms with van der Waals surface area (Å²) in [6.07, 6.45) is 1.13. The summed E-state index contributed by atoms with van der Waals surface area (Å²) in [6.45, 7) is 10.3. The second kappa shape index (κ2) is 5.82. The molecule has 0 aliphatic carbocycles. The quantitative estimate of drug-likeness (QED) is 0.587. The fourth-order valence-corrected chi connectivity index (χ4v) is 1.49. The summed E-state index contributed by atoms with van der Waals surface area (Å²) in [4.78, 5) is 0. The molecule has 0 rings (SSSR count). The first-order chi connectivity index (χ1) is 5.60. The highest BCUT2D eigenvalue weighted by Crippen LogP contribution is 2.32. The van der Waals surface area contributed by atoms with E-state index in [1.807, 2.05) is 6.92 Å². The smallest absolute Gasteiger partial charge is 0.0522 e. The summed E-state index contributed by atoms with van der Waals surface area (Å²) in [5, 5.41) is 0. The molecule has 2 heteroatoms. The van der Waals surface area contributed by atoms with Gasteiger partial charge >= 0.3 is 0 Å². The van der Waals surface area contributed by atoms with E-state index in [0.29, 0.717) is 5.92 Å². The fourth-order valence-electron chi connectivity index (χ4n) is 1.11. The molecule has 2 atom stereocenters. The zero-order valence-corrected chi connectivity index (χ0v) is 9.45. The lowest BCUT2D eigenvalue weighted by Crippen LogP contribution is -2.31. The highest BCUT2D eigenvalue weighted by molar-refractivity contribution is 6.18. The number of rotatable bonds is 6. The molecule has 0 N–H and O–H groups in total. The number of hydrogen-bond acceptors (Lipinski definition) is 1. The largest absolute Gasteiger partial charge is 0.381 e. The van der Waals surface area contributed by atoms with E-state index in [2.05, 4.69) is 20.8 Å². The van der Waals surface area contributed by atoms with Crippen LogP contribution in [0.2, 0.25) is 0 Å². The first kappa shape index (κ1) is 12.2. The second-order valence-electron chi connectivity index (χ2n) is 3.70. The van der Waals surface area contributed by atoms with Crippen LogP contribution in [0.4, 0.5) is 0 Å². The van der Waals surface area contributed by atoms with Crippen LogP contribution in [0.3, 0.4) is 0 Å². The van der Waals surface area contributed by atoms with Crippen LogP contribution in [0.5, 0.6) is 0 Å². The molecule has 0 aliphatic heterocycles. The van der Waals surface area contributed by atoms with E-state index < -0.39 is 0 Å². The Kier molecular flexibility index (Phi) is 5.94. The van der Waals surface area contributed by atoms with Crippen LogP contribution < -0.4 is 0 Å². The van der Waals surface area contributed by atoms with Crippen molar-refractivity contribution in [2.24, 2.45) is 11.3 Å². The minimum absolute atomic E-state index is 0.248. The van der Waals surface area contributed by atoms with Crippen LogP contribution in [-0.4, -0.2) is 19.1 Å². The van der Waals surface area contributed by atoms with Crippen molar-refractivity contribution >= 4 is 11.6 Å². The summed E-state index contributed by atoms with van der Waals surface area (Å²) >= 11 is 5.84. The van der Waals surface area contributed by atoms with Crippen LogP contribution in [0, 0.1) is 11.3 Å². The van der Waals surface area contributed by atoms with E-state index in [0.717, 1.165) is 25.5 Å². The van der Waals surface area contributed by atoms with Gasteiger partial charge in [-0.2, -0.15) is 0 Å². The molecule has 0 aromatic rings. The van der Waals surface area contributed by atoms with Gasteiger partial charge in [-0.3, -0.25) is 0 Å². The number of ether oxygens (including phenoxy) is 1. The molecule has 0 bridgehead atoms. The first-order valence-electron chi connectivity index (χ1n) is 4.74.